The molecule has 1 saturated heterocycles. The predicted octanol–water partition coefficient (Wildman–Crippen LogP) is 3.66. The molecule has 1 aliphatic rings. The zero-order valence-corrected chi connectivity index (χ0v) is 18.0. The van der Waals surface area contributed by atoms with Crippen molar-refractivity contribution in [2.75, 3.05) is 18.4 Å². The molecule has 2 aromatic carbocycles. The van der Waals surface area contributed by atoms with Gasteiger partial charge >= 0.3 is 0 Å². The van der Waals surface area contributed by atoms with Gasteiger partial charge in [0, 0.05) is 23.8 Å². The number of ether oxygens (including phenoxy) is 1. The van der Waals surface area contributed by atoms with E-state index in [1.807, 2.05) is 12.1 Å². The van der Waals surface area contributed by atoms with Crippen molar-refractivity contribution in [1.82, 2.24) is 4.90 Å². The Labute approximate surface area is 181 Å². The number of nitrogens with zero attached hydrogens (tertiary/aromatic N) is 1. The molecule has 0 radical (unpaired) electrons. The van der Waals surface area contributed by atoms with Crippen LogP contribution in [0, 0.1) is 0 Å². The fourth-order valence-corrected chi connectivity index (χ4v) is 3.36. The van der Waals surface area contributed by atoms with Crippen molar-refractivity contribution in [2.24, 2.45) is 0 Å². The molecule has 0 unspecified atom stereocenters. The van der Waals surface area contributed by atoms with E-state index in [0.29, 0.717) is 48.8 Å². The third-order valence-electron chi connectivity index (χ3n) is 5.12. The highest BCUT2D eigenvalue weighted by Gasteiger charge is 2.30. The molecule has 160 valence electrons. The van der Waals surface area contributed by atoms with Crippen molar-refractivity contribution < 1.29 is 19.4 Å². The van der Waals surface area contributed by atoms with Crippen LogP contribution in [0.5, 0.6) is 5.75 Å². The molecule has 0 atom stereocenters. The molecule has 2 aromatic rings. The normalized spacial score (nSPS) is 15.0. The van der Waals surface area contributed by atoms with E-state index < -0.39 is 5.60 Å². The van der Waals surface area contributed by atoms with Crippen molar-refractivity contribution in [2.45, 2.75) is 44.8 Å². The second kappa shape index (κ2) is 9.49. The number of likely N-dealkylation sites (tertiary alicyclic amines) is 1. The van der Waals surface area contributed by atoms with Gasteiger partial charge in [-0.05, 0) is 68.7 Å². The van der Waals surface area contributed by atoms with Crippen LogP contribution in [0.4, 0.5) is 5.69 Å². The molecular formula is C23H27ClN2O4. The van der Waals surface area contributed by atoms with Crippen LogP contribution in [0.3, 0.4) is 0 Å². The molecule has 7 heteroatoms. The number of anilines is 1. The number of aliphatic hydroxyl groups is 1. The SMILES string of the molecule is CC(C)(Oc1ccc(Cl)cc1)C(=O)Nc1ccc(CC(=O)N2CCC(O)CC2)cc1. The lowest BCUT2D eigenvalue weighted by atomic mass is 10.1. The largest absolute Gasteiger partial charge is 0.478 e. The summed E-state index contributed by atoms with van der Waals surface area (Å²) in [6.45, 7) is 4.58. The first kappa shape index (κ1) is 22.1. The lowest BCUT2D eigenvalue weighted by molar-refractivity contribution is -0.132. The van der Waals surface area contributed by atoms with Gasteiger partial charge in [-0.25, -0.2) is 0 Å². The van der Waals surface area contributed by atoms with Crippen molar-refractivity contribution >= 4 is 29.1 Å². The van der Waals surface area contributed by atoms with Crippen LogP contribution in [-0.2, 0) is 16.0 Å². The van der Waals surface area contributed by atoms with E-state index in [9.17, 15) is 14.7 Å². The number of piperidine rings is 1. The Morgan fingerprint density at radius 2 is 1.70 bits per heavy atom. The Bertz CT molecular complexity index is 873. The van der Waals surface area contributed by atoms with Gasteiger partial charge in [0.05, 0.1) is 12.5 Å². The average molecular weight is 431 g/mol. The standard InChI is InChI=1S/C23H27ClN2O4/c1-23(2,30-20-9-5-17(24)6-10-20)22(29)25-18-7-3-16(4-8-18)15-21(28)26-13-11-19(27)12-14-26/h3-10,19,27H,11-15H2,1-2H3,(H,25,29). The quantitative estimate of drug-likeness (QED) is 0.733. The Kier molecular flexibility index (Phi) is 7.00. The summed E-state index contributed by atoms with van der Waals surface area (Å²) in [5.41, 5.74) is 0.423. The van der Waals surface area contributed by atoms with E-state index in [-0.39, 0.29) is 17.9 Å². The van der Waals surface area contributed by atoms with Gasteiger partial charge in [0.2, 0.25) is 5.91 Å². The fourth-order valence-electron chi connectivity index (χ4n) is 3.23. The minimum absolute atomic E-state index is 0.0520. The molecule has 2 N–H and O–H groups in total. The molecule has 30 heavy (non-hydrogen) atoms. The van der Waals surface area contributed by atoms with Crippen LogP contribution in [0.2, 0.25) is 5.02 Å². The minimum Gasteiger partial charge on any atom is -0.478 e. The summed E-state index contributed by atoms with van der Waals surface area (Å²) in [7, 11) is 0. The van der Waals surface area contributed by atoms with Gasteiger partial charge in [-0.15, -0.1) is 0 Å². The Hall–Kier alpha value is -2.57. The second-order valence-electron chi connectivity index (χ2n) is 8.01. The zero-order chi connectivity index (χ0) is 21.7. The molecule has 2 amide bonds. The van der Waals surface area contributed by atoms with Crippen molar-refractivity contribution in [3.63, 3.8) is 0 Å². The summed E-state index contributed by atoms with van der Waals surface area (Å²) < 4.78 is 5.80. The van der Waals surface area contributed by atoms with Crippen LogP contribution in [-0.4, -0.2) is 46.6 Å². The average Bonchev–Trinajstić information content (AvgIpc) is 2.71. The molecule has 0 bridgehead atoms. The van der Waals surface area contributed by atoms with E-state index in [1.54, 1.807) is 55.1 Å². The Balaban J connectivity index is 1.54. The number of hydrogen-bond donors (Lipinski definition) is 2. The monoisotopic (exact) mass is 430 g/mol. The van der Waals surface area contributed by atoms with Gasteiger partial charge < -0.3 is 20.1 Å². The predicted molar refractivity (Wildman–Crippen MR) is 117 cm³/mol. The topological polar surface area (TPSA) is 78.9 Å². The zero-order valence-electron chi connectivity index (χ0n) is 17.2. The van der Waals surface area contributed by atoms with E-state index in [1.165, 1.54) is 0 Å². The summed E-state index contributed by atoms with van der Waals surface area (Å²) >= 11 is 5.88. The molecule has 1 fully saturated rings. The third kappa shape index (κ3) is 5.97. The summed E-state index contributed by atoms with van der Waals surface area (Å²) in [6.07, 6.45) is 1.26. The first-order chi connectivity index (χ1) is 14.2. The number of hydrogen-bond acceptors (Lipinski definition) is 4. The number of carbonyl (C=O) groups excluding carboxylic acids is 2. The highest BCUT2D eigenvalue weighted by molar-refractivity contribution is 6.30. The van der Waals surface area contributed by atoms with Crippen LogP contribution in [0.1, 0.15) is 32.3 Å². The summed E-state index contributed by atoms with van der Waals surface area (Å²) in [4.78, 5) is 26.9. The third-order valence-corrected chi connectivity index (χ3v) is 5.37. The maximum Gasteiger partial charge on any atom is 0.267 e. The molecule has 0 aromatic heterocycles. The summed E-state index contributed by atoms with van der Waals surface area (Å²) in [5.74, 6) is 0.322. The van der Waals surface area contributed by atoms with Crippen LogP contribution in [0.25, 0.3) is 0 Å². The highest BCUT2D eigenvalue weighted by atomic mass is 35.5. The molecule has 6 nitrogen and oxygen atoms in total. The molecule has 0 aliphatic carbocycles. The molecule has 1 aliphatic heterocycles. The second-order valence-corrected chi connectivity index (χ2v) is 8.44. The lowest BCUT2D eigenvalue weighted by Crippen LogP contribution is -2.42. The van der Waals surface area contributed by atoms with Crippen molar-refractivity contribution in [3.05, 3.63) is 59.1 Å². The number of rotatable bonds is 6. The van der Waals surface area contributed by atoms with Gasteiger partial charge in [0.15, 0.2) is 5.60 Å². The molecule has 0 spiro atoms. The first-order valence-electron chi connectivity index (χ1n) is 10.0. The van der Waals surface area contributed by atoms with Crippen LogP contribution >= 0.6 is 11.6 Å². The van der Waals surface area contributed by atoms with Crippen molar-refractivity contribution in [1.29, 1.82) is 0 Å². The van der Waals surface area contributed by atoms with Gasteiger partial charge in [0.1, 0.15) is 5.75 Å². The maximum absolute atomic E-state index is 12.7. The molecule has 0 saturated carbocycles. The number of halogens is 1. The van der Waals surface area contributed by atoms with E-state index in [2.05, 4.69) is 5.32 Å². The Morgan fingerprint density at radius 1 is 1.10 bits per heavy atom. The van der Waals surface area contributed by atoms with E-state index in [4.69, 9.17) is 16.3 Å². The number of nitrogens with one attached hydrogen (secondary N) is 1. The van der Waals surface area contributed by atoms with E-state index >= 15 is 0 Å². The molecule has 1 heterocycles. The Morgan fingerprint density at radius 3 is 2.30 bits per heavy atom. The maximum atomic E-state index is 12.7. The van der Waals surface area contributed by atoms with Crippen LogP contribution in [0.15, 0.2) is 48.5 Å². The number of benzene rings is 2. The lowest BCUT2D eigenvalue weighted by Gasteiger charge is -2.29. The smallest absolute Gasteiger partial charge is 0.267 e. The first-order valence-corrected chi connectivity index (χ1v) is 10.4. The summed E-state index contributed by atoms with van der Waals surface area (Å²) in [5, 5.41) is 13.0. The van der Waals surface area contributed by atoms with Gasteiger partial charge in [0.25, 0.3) is 5.91 Å². The summed E-state index contributed by atoms with van der Waals surface area (Å²) in [6, 6.07) is 14.1. The van der Waals surface area contributed by atoms with Gasteiger partial charge in [-0.3, -0.25) is 9.59 Å². The number of amides is 2. The minimum atomic E-state index is -1.08. The number of carbonyl (C=O) groups is 2. The fraction of sp³-hybridized carbons (Fsp3) is 0.391. The van der Waals surface area contributed by atoms with Crippen molar-refractivity contribution in [3.8, 4) is 5.75 Å². The van der Waals surface area contributed by atoms with Gasteiger partial charge in [-0.2, -0.15) is 0 Å². The molecular weight excluding hydrogens is 404 g/mol. The van der Waals surface area contributed by atoms with Crippen LogP contribution < -0.4 is 10.1 Å². The van der Waals surface area contributed by atoms with Gasteiger partial charge in [-0.1, -0.05) is 23.7 Å². The highest BCUT2D eigenvalue weighted by Crippen LogP contribution is 2.22. The molecule has 3 rings (SSSR count). The van der Waals surface area contributed by atoms with E-state index in [0.717, 1.165) is 5.56 Å². The number of aliphatic hydroxyl groups excluding tert-OH is 1.